The SMILES string of the molecule is CC1CCC(CCNc2nc(Cl)ncc2Br)CC1. The Labute approximate surface area is 122 Å². The zero-order valence-electron chi connectivity index (χ0n) is 10.6. The molecule has 1 aromatic rings. The topological polar surface area (TPSA) is 37.8 Å². The van der Waals surface area contributed by atoms with E-state index in [-0.39, 0.29) is 5.28 Å². The summed E-state index contributed by atoms with van der Waals surface area (Å²) in [5.74, 6) is 2.58. The van der Waals surface area contributed by atoms with Crippen molar-refractivity contribution in [3.8, 4) is 0 Å². The van der Waals surface area contributed by atoms with Gasteiger partial charge in [-0.15, -0.1) is 0 Å². The lowest BCUT2D eigenvalue weighted by Crippen LogP contribution is -2.16. The number of aromatic nitrogens is 2. The van der Waals surface area contributed by atoms with Crippen LogP contribution < -0.4 is 5.32 Å². The van der Waals surface area contributed by atoms with E-state index in [1.807, 2.05) is 0 Å². The van der Waals surface area contributed by atoms with Crippen molar-refractivity contribution < 1.29 is 0 Å². The molecule has 0 aromatic carbocycles. The third kappa shape index (κ3) is 4.09. The average Bonchev–Trinajstić information content (AvgIpc) is 2.36. The molecule has 0 saturated heterocycles. The minimum Gasteiger partial charge on any atom is -0.369 e. The predicted molar refractivity (Wildman–Crippen MR) is 79.0 cm³/mol. The Morgan fingerprint density at radius 3 is 2.83 bits per heavy atom. The lowest BCUT2D eigenvalue weighted by atomic mass is 9.81. The Bertz CT molecular complexity index is 392. The van der Waals surface area contributed by atoms with Crippen LogP contribution in [0, 0.1) is 11.8 Å². The number of rotatable bonds is 4. The number of nitrogens with one attached hydrogen (secondary N) is 1. The molecule has 0 amide bonds. The third-order valence-electron chi connectivity index (χ3n) is 3.70. The van der Waals surface area contributed by atoms with E-state index in [1.54, 1.807) is 6.20 Å². The van der Waals surface area contributed by atoms with Gasteiger partial charge in [-0.3, -0.25) is 0 Å². The van der Waals surface area contributed by atoms with Crippen LogP contribution in [0.5, 0.6) is 0 Å². The lowest BCUT2D eigenvalue weighted by Gasteiger charge is -2.26. The molecule has 1 fully saturated rings. The third-order valence-corrected chi connectivity index (χ3v) is 4.46. The number of hydrogen-bond donors (Lipinski definition) is 1. The molecule has 1 N–H and O–H groups in total. The Morgan fingerprint density at radius 1 is 1.39 bits per heavy atom. The minimum atomic E-state index is 0.284. The molecule has 1 aliphatic rings. The first kappa shape index (κ1) is 14.1. The summed E-state index contributed by atoms with van der Waals surface area (Å²) in [4.78, 5) is 8.08. The van der Waals surface area contributed by atoms with Gasteiger partial charge in [0.15, 0.2) is 0 Å². The van der Waals surface area contributed by atoms with Crippen LogP contribution in [-0.2, 0) is 0 Å². The summed E-state index contributed by atoms with van der Waals surface area (Å²) in [6.07, 6.45) is 8.39. The molecule has 1 aromatic heterocycles. The van der Waals surface area contributed by atoms with Crippen LogP contribution in [0.2, 0.25) is 5.28 Å². The molecule has 1 heterocycles. The summed E-state index contributed by atoms with van der Waals surface area (Å²) in [6, 6.07) is 0. The van der Waals surface area contributed by atoms with Crippen molar-refractivity contribution in [3.05, 3.63) is 16.0 Å². The van der Waals surface area contributed by atoms with E-state index < -0.39 is 0 Å². The summed E-state index contributed by atoms with van der Waals surface area (Å²) in [6.45, 7) is 3.31. The van der Waals surface area contributed by atoms with Crippen molar-refractivity contribution in [1.82, 2.24) is 9.97 Å². The van der Waals surface area contributed by atoms with Crippen LogP contribution in [0.25, 0.3) is 0 Å². The van der Waals surface area contributed by atoms with Crippen molar-refractivity contribution in [2.24, 2.45) is 11.8 Å². The van der Waals surface area contributed by atoms with Gasteiger partial charge in [-0.2, -0.15) is 4.98 Å². The van der Waals surface area contributed by atoms with Crippen LogP contribution in [-0.4, -0.2) is 16.5 Å². The average molecular weight is 333 g/mol. The Morgan fingerprint density at radius 2 is 2.11 bits per heavy atom. The maximum atomic E-state index is 5.78. The molecule has 2 rings (SSSR count). The van der Waals surface area contributed by atoms with Crippen LogP contribution in [0.4, 0.5) is 5.82 Å². The normalized spacial score (nSPS) is 23.9. The molecule has 0 unspecified atom stereocenters. The van der Waals surface area contributed by atoms with E-state index in [4.69, 9.17) is 11.6 Å². The first-order valence-corrected chi connectivity index (χ1v) is 7.74. The number of nitrogens with zero attached hydrogens (tertiary/aromatic N) is 2. The van der Waals surface area contributed by atoms with Crippen LogP contribution in [0.1, 0.15) is 39.0 Å². The lowest BCUT2D eigenvalue weighted by molar-refractivity contribution is 0.282. The molecule has 0 bridgehead atoms. The quantitative estimate of drug-likeness (QED) is 0.824. The van der Waals surface area contributed by atoms with E-state index in [0.717, 1.165) is 28.7 Å². The fourth-order valence-corrected chi connectivity index (χ4v) is 2.95. The van der Waals surface area contributed by atoms with Gasteiger partial charge < -0.3 is 5.32 Å². The van der Waals surface area contributed by atoms with Crippen molar-refractivity contribution in [2.75, 3.05) is 11.9 Å². The molecule has 18 heavy (non-hydrogen) atoms. The fourth-order valence-electron chi connectivity index (χ4n) is 2.48. The summed E-state index contributed by atoms with van der Waals surface area (Å²) in [7, 11) is 0. The van der Waals surface area contributed by atoms with Gasteiger partial charge in [0, 0.05) is 12.7 Å². The van der Waals surface area contributed by atoms with Gasteiger partial charge in [0.1, 0.15) is 5.82 Å². The maximum absolute atomic E-state index is 5.78. The van der Waals surface area contributed by atoms with Gasteiger partial charge in [0.2, 0.25) is 5.28 Å². The highest BCUT2D eigenvalue weighted by Gasteiger charge is 2.17. The molecular weight excluding hydrogens is 314 g/mol. The largest absolute Gasteiger partial charge is 0.369 e. The van der Waals surface area contributed by atoms with E-state index in [0.29, 0.717) is 0 Å². The van der Waals surface area contributed by atoms with Crippen molar-refractivity contribution in [1.29, 1.82) is 0 Å². The molecule has 0 spiro atoms. The second-order valence-electron chi connectivity index (χ2n) is 5.18. The van der Waals surface area contributed by atoms with Crippen molar-refractivity contribution in [3.63, 3.8) is 0 Å². The predicted octanol–water partition coefficient (Wildman–Crippen LogP) is 4.52. The molecule has 0 aliphatic heterocycles. The van der Waals surface area contributed by atoms with Crippen LogP contribution >= 0.6 is 27.5 Å². The zero-order valence-corrected chi connectivity index (χ0v) is 13.0. The molecule has 3 nitrogen and oxygen atoms in total. The summed E-state index contributed by atoms with van der Waals surface area (Å²) >= 11 is 9.20. The minimum absolute atomic E-state index is 0.284. The zero-order chi connectivity index (χ0) is 13.0. The van der Waals surface area contributed by atoms with Gasteiger partial charge in [0.25, 0.3) is 0 Å². The second-order valence-corrected chi connectivity index (χ2v) is 6.37. The van der Waals surface area contributed by atoms with E-state index in [2.05, 4.69) is 38.1 Å². The van der Waals surface area contributed by atoms with Gasteiger partial charge >= 0.3 is 0 Å². The van der Waals surface area contributed by atoms with E-state index >= 15 is 0 Å². The number of hydrogen-bond acceptors (Lipinski definition) is 3. The van der Waals surface area contributed by atoms with Gasteiger partial charge in [-0.05, 0) is 45.8 Å². The van der Waals surface area contributed by atoms with Crippen molar-refractivity contribution >= 4 is 33.3 Å². The first-order valence-electron chi connectivity index (χ1n) is 6.57. The second kappa shape index (κ2) is 6.71. The molecule has 1 saturated carbocycles. The summed E-state index contributed by atoms with van der Waals surface area (Å²) < 4.78 is 0.865. The summed E-state index contributed by atoms with van der Waals surface area (Å²) in [5, 5.41) is 3.61. The highest BCUT2D eigenvalue weighted by molar-refractivity contribution is 9.10. The number of halogens is 2. The van der Waals surface area contributed by atoms with Crippen molar-refractivity contribution in [2.45, 2.75) is 39.0 Å². The Balaban J connectivity index is 1.76. The standard InChI is InChI=1S/C13H19BrClN3/c1-9-2-4-10(5-3-9)6-7-16-12-11(14)8-17-13(15)18-12/h8-10H,2-7H2,1H3,(H,16,17,18). The molecule has 0 atom stereocenters. The highest BCUT2D eigenvalue weighted by Crippen LogP contribution is 2.30. The number of anilines is 1. The van der Waals surface area contributed by atoms with Crippen LogP contribution in [0.15, 0.2) is 10.7 Å². The van der Waals surface area contributed by atoms with E-state index in [9.17, 15) is 0 Å². The van der Waals surface area contributed by atoms with Crippen LogP contribution in [0.3, 0.4) is 0 Å². The molecule has 0 radical (unpaired) electrons. The fraction of sp³-hybridized carbons (Fsp3) is 0.692. The molecule has 5 heteroatoms. The molecular formula is C13H19BrClN3. The molecule has 100 valence electrons. The summed E-state index contributed by atoms with van der Waals surface area (Å²) in [5.41, 5.74) is 0. The van der Waals surface area contributed by atoms with Gasteiger partial charge in [-0.1, -0.05) is 32.6 Å². The molecule has 1 aliphatic carbocycles. The monoisotopic (exact) mass is 331 g/mol. The van der Waals surface area contributed by atoms with Gasteiger partial charge in [-0.25, -0.2) is 4.98 Å². The maximum Gasteiger partial charge on any atom is 0.224 e. The van der Waals surface area contributed by atoms with E-state index in [1.165, 1.54) is 32.1 Å². The Kier molecular flexibility index (Phi) is 5.25. The van der Waals surface area contributed by atoms with Gasteiger partial charge in [0.05, 0.1) is 4.47 Å². The first-order chi connectivity index (χ1) is 8.65. The highest BCUT2D eigenvalue weighted by atomic mass is 79.9. The Hall–Kier alpha value is -0.350. The smallest absolute Gasteiger partial charge is 0.224 e.